The van der Waals surface area contributed by atoms with Gasteiger partial charge in [0.2, 0.25) is 0 Å². The standard InChI is InChI=1S/C20H22N4O2/c21-11-13-17(24-9-7-20(5-6-20)8-10-24)16-14(23-19(13)26)3-4-15(22-16)18(25)12-1-2-12/h3-4,12,18,25H,1-2,5-10H2,(H,23,26)/t18-/m1/s1. The Hall–Kier alpha value is -2.39. The van der Waals surface area contributed by atoms with E-state index in [0.717, 1.165) is 38.8 Å². The van der Waals surface area contributed by atoms with Crippen molar-refractivity contribution in [2.45, 2.75) is 44.6 Å². The van der Waals surface area contributed by atoms with Crippen molar-refractivity contribution in [1.29, 1.82) is 5.26 Å². The zero-order valence-corrected chi connectivity index (χ0v) is 14.7. The third-order valence-electron chi connectivity index (χ3n) is 6.43. The number of anilines is 1. The molecule has 3 heterocycles. The number of hydrogen-bond donors (Lipinski definition) is 2. The lowest BCUT2D eigenvalue weighted by Gasteiger charge is -2.34. The lowest BCUT2D eigenvalue weighted by molar-refractivity contribution is 0.149. The Labute approximate surface area is 151 Å². The molecule has 0 amide bonds. The molecule has 0 aromatic carbocycles. The van der Waals surface area contributed by atoms with E-state index in [0.29, 0.717) is 27.8 Å². The Morgan fingerprint density at radius 1 is 1.27 bits per heavy atom. The van der Waals surface area contributed by atoms with E-state index in [4.69, 9.17) is 4.98 Å². The number of nitrogens with zero attached hydrogens (tertiary/aromatic N) is 3. The number of rotatable bonds is 3. The molecule has 0 radical (unpaired) electrons. The molecule has 1 saturated heterocycles. The molecule has 2 aromatic rings. The monoisotopic (exact) mass is 350 g/mol. The van der Waals surface area contributed by atoms with E-state index < -0.39 is 6.10 Å². The molecule has 0 unspecified atom stereocenters. The molecule has 6 heteroatoms. The highest BCUT2D eigenvalue weighted by Gasteiger charge is 2.45. The van der Waals surface area contributed by atoms with Crippen LogP contribution in [0.15, 0.2) is 16.9 Å². The first-order chi connectivity index (χ1) is 12.6. The first-order valence-electron chi connectivity index (χ1n) is 9.50. The third-order valence-corrected chi connectivity index (χ3v) is 6.43. The largest absolute Gasteiger partial charge is 0.387 e. The summed E-state index contributed by atoms with van der Waals surface area (Å²) < 4.78 is 0. The summed E-state index contributed by atoms with van der Waals surface area (Å²) in [7, 11) is 0. The molecule has 2 aliphatic carbocycles. The van der Waals surface area contributed by atoms with E-state index in [1.165, 1.54) is 12.8 Å². The topological polar surface area (TPSA) is 93.0 Å². The van der Waals surface area contributed by atoms with Crippen LogP contribution < -0.4 is 10.5 Å². The Bertz CT molecular complexity index is 972. The van der Waals surface area contributed by atoms with Crippen molar-refractivity contribution in [3.05, 3.63) is 33.7 Å². The minimum atomic E-state index is -0.569. The van der Waals surface area contributed by atoms with E-state index in [2.05, 4.69) is 16.0 Å². The van der Waals surface area contributed by atoms with Crippen molar-refractivity contribution in [2.75, 3.05) is 18.0 Å². The highest BCUT2D eigenvalue weighted by molar-refractivity contribution is 5.91. The van der Waals surface area contributed by atoms with E-state index in [1.807, 2.05) is 6.07 Å². The Balaban J connectivity index is 1.63. The van der Waals surface area contributed by atoms with E-state index >= 15 is 0 Å². The van der Waals surface area contributed by atoms with Crippen LogP contribution in [0.3, 0.4) is 0 Å². The number of hydrogen-bond acceptors (Lipinski definition) is 5. The number of aliphatic hydroxyl groups is 1. The second kappa shape index (κ2) is 5.55. The molecule has 0 bridgehead atoms. The second-order valence-electron chi connectivity index (χ2n) is 8.19. The summed E-state index contributed by atoms with van der Waals surface area (Å²) >= 11 is 0. The fourth-order valence-electron chi connectivity index (χ4n) is 4.28. The number of nitrogens with one attached hydrogen (secondary N) is 1. The fraction of sp³-hybridized carbons (Fsp3) is 0.550. The van der Waals surface area contributed by atoms with E-state index in [-0.39, 0.29) is 17.0 Å². The zero-order chi connectivity index (χ0) is 17.9. The van der Waals surface area contributed by atoms with Crippen molar-refractivity contribution in [2.24, 2.45) is 11.3 Å². The predicted octanol–water partition coefficient (Wildman–Crippen LogP) is 2.62. The van der Waals surface area contributed by atoms with Gasteiger partial charge in [0.25, 0.3) is 5.56 Å². The van der Waals surface area contributed by atoms with Gasteiger partial charge in [0.1, 0.15) is 17.1 Å². The molecule has 1 atom stereocenters. The maximum absolute atomic E-state index is 12.4. The smallest absolute Gasteiger partial charge is 0.268 e. The molecule has 3 fully saturated rings. The van der Waals surface area contributed by atoms with Gasteiger partial charge in [-0.2, -0.15) is 5.26 Å². The molecular formula is C20H22N4O2. The summed E-state index contributed by atoms with van der Waals surface area (Å²) in [6.45, 7) is 1.70. The van der Waals surface area contributed by atoms with Gasteiger partial charge in [0.05, 0.1) is 23.0 Å². The quantitative estimate of drug-likeness (QED) is 0.887. The molecular weight excluding hydrogens is 328 g/mol. The minimum absolute atomic E-state index is 0.134. The molecule has 6 nitrogen and oxygen atoms in total. The van der Waals surface area contributed by atoms with Crippen molar-refractivity contribution in [3.63, 3.8) is 0 Å². The Morgan fingerprint density at radius 3 is 2.62 bits per heavy atom. The van der Waals surface area contributed by atoms with Gasteiger partial charge in [0.15, 0.2) is 0 Å². The van der Waals surface area contributed by atoms with Gasteiger partial charge in [-0.05, 0) is 62.0 Å². The summed E-state index contributed by atoms with van der Waals surface area (Å²) in [6, 6.07) is 5.68. The molecule has 26 heavy (non-hydrogen) atoms. The van der Waals surface area contributed by atoms with E-state index in [1.54, 1.807) is 6.07 Å². The van der Waals surface area contributed by atoms with Crippen molar-refractivity contribution in [1.82, 2.24) is 9.97 Å². The molecule has 2 aromatic heterocycles. The van der Waals surface area contributed by atoms with Gasteiger partial charge >= 0.3 is 0 Å². The normalized spacial score (nSPS) is 22.4. The molecule has 5 rings (SSSR count). The van der Waals surface area contributed by atoms with Crippen LogP contribution >= 0.6 is 0 Å². The van der Waals surface area contributed by atoms with Crippen LogP contribution in [0.1, 0.15) is 55.9 Å². The molecule has 3 aliphatic rings. The summed E-state index contributed by atoms with van der Waals surface area (Å²) in [4.78, 5) is 22.1. The van der Waals surface area contributed by atoms with Crippen LogP contribution in [0.25, 0.3) is 11.0 Å². The van der Waals surface area contributed by atoms with Crippen molar-refractivity contribution < 1.29 is 5.11 Å². The van der Waals surface area contributed by atoms with Gasteiger partial charge in [-0.1, -0.05) is 0 Å². The zero-order valence-electron chi connectivity index (χ0n) is 14.7. The number of aliphatic hydroxyl groups excluding tert-OH is 1. The van der Waals surface area contributed by atoms with Crippen LogP contribution in [0.4, 0.5) is 5.69 Å². The van der Waals surface area contributed by atoms with Crippen LogP contribution in [-0.4, -0.2) is 28.2 Å². The van der Waals surface area contributed by atoms with Gasteiger partial charge in [-0.15, -0.1) is 0 Å². The highest BCUT2D eigenvalue weighted by atomic mass is 16.3. The summed E-state index contributed by atoms with van der Waals surface area (Å²) in [5.41, 5.74) is 2.82. The lowest BCUT2D eigenvalue weighted by atomic mass is 9.93. The number of piperidine rings is 1. The maximum Gasteiger partial charge on any atom is 0.268 e. The first-order valence-corrected chi connectivity index (χ1v) is 9.50. The molecule has 2 N–H and O–H groups in total. The van der Waals surface area contributed by atoms with Gasteiger partial charge in [-0.25, -0.2) is 4.98 Å². The van der Waals surface area contributed by atoms with Gasteiger partial charge in [-0.3, -0.25) is 4.79 Å². The van der Waals surface area contributed by atoms with Crippen LogP contribution in [0, 0.1) is 22.7 Å². The average molecular weight is 350 g/mol. The number of aromatic nitrogens is 2. The van der Waals surface area contributed by atoms with Crippen molar-refractivity contribution >= 4 is 16.7 Å². The van der Waals surface area contributed by atoms with E-state index in [9.17, 15) is 15.2 Å². The van der Waals surface area contributed by atoms with Gasteiger partial charge in [0, 0.05) is 13.1 Å². The lowest BCUT2D eigenvalue weighted by Crippen LogP contribution is -2.36. The summed E-state index contributed by atoms with van der Waals surface area (Å²) in [5, 5.41) is 20.1. The third kappa shape index (κ3) is 2.50. The molecule has 134 valence electrons. The predicted molar refractivity (Wildman–Crippen MR) is 97.9 cm³/mol. The molecule has 1 spiro atoms. The van der Waals surface area contributed by atoms with Crippen LogP contribution in [-0.2, 0) is 0 Å². The van der Waals surface area contributed by atoms with Crippen LogP contribution in [0.5, 0.6) is 0 Å². The summed E-state index contributed by atoms with van der Waals surface area (Å²) in [5.74, 6) is 0.284. The number of fused-ring (bicyclic) bond motifs is 1. The van der Waals surface area contributed by atoms with Gasteiger partial charge < -0.3 is 15.0 Å². The first kappa shape index (κ1) is 15.8. The molecule has 1 aliphatic heterocycles. The second-order valence-corrected chi connectivity index (χ2v) is 8.19. The average Bonchev–Trinajstić information content (AvgIpc) is 3.57. The number of H-pyrrole nitrogens is 1. The highest BCUT2D eigenvalue weighted by Crippen LogP contribution is 2.54. The SMILES string of the molecule is N#Cc1c(N2CCC3(CC2)CC3)c2nc([C@H](O)C3CC3)ccc2[nH]c1=O. The van der Waals surface area contributed by atoms with Crippen LogP contribution in [0.2, 0.25) is 0 Å². The fourth-order valence-corrected chi connectivity index (χ4v) is 4.28. The minimum Gasteiger partial charge on any atom is -0.387 e. The Kier molecular flexibility index (Phi) is 3.38. The number of pyridine rings is 2. The summed E-state index contributed by atoms with van der Waals surface area (Å²) in [6.07, 6.45) is 6.30. The molecule has 2 saturated carbocycles. The Morgan fingerprint density at radius 2 is 2.00 bits per heavy atom. The number of nitriles is 1. The number of aromatic amines is 1. The van der Waals surface area contributed by atoms with Crippen molar-refractivity contribution in [3.8, 4) is 6.07 Å². The maximum atomic E-state index is 12.4.